The van der Waals surface area contributed by atoms with Gasteiger partial charge in [0.25, 0.3) is 0 Å². The minimum absolute atomic E-state index is 0.236. The lowest BCUT2D eigenvalue weighted by Crippen LogP contribution is -2.10. The molecule has 3 heteroatoms. The molecule has 0 aliphatic heterocycles. The van der Waals surface area contributed by atoms with Gasteiger partial charge in [-0.1, -0.05) is 50.2 Å². The number of hydrogen-bond donors (Lipinski definition) is 2. The number of nitrogens with one attached hydrogen (secondary N) is 1. The largest absolute Gasteiger partial charge is 0.478 e. The summed E-state index contributed by atoms with van der Waals surface area (Å²) in [4.78, 5) is 12.1. The molecule has 0 fully saturated rings. The quantitative estimate of drug-likeness (QED) is 0.236. The summed E-state index contributed by atoms with van der Waals surface area (Å²) in [5.74, 6) is -0.638. The number of rotatable bonds is 4. The number of carboxylic acid groups (broad SMARTS) is 1. The SMILES string of the molecule is Cc1ccc2c3ccc(C(C)C)c4c(C(=O)O)ccc(c5ccc(NC(C)C)c1c52)c43. The van der Waals surface area contributed by atoms with Crippen molar-refractivity contribution in [1.82, 2.24) is 0 Å². The Balaban J connectivity index is 2.08. The summed E-state index contributed by atoms with van der Waals surface area (Å²) in [5, 5.41) is 22.6. The van der Waals surface area contributed by atoms with Crippen LogP contribution in [0.5, 0.6) is 0 Å². The first-order valence-electron chi connectivity index (χ1n) is 11.0. The van der Waals surface area contributed by atoms with E-state index in [2.05, 4.69) is 76.3 Å². The Bertz CT molecular complexity index is 1470. The van der Waals surface area contributed by atoms with Crippen molar-refractivity contribution in [3.8, 4) is 0 Å². The molecule has 0 saturated carbocycles. The highest BCUT2D eigenvalue weighted by atomic mass is 16.4. The van der Waals surface area contributed by atoms with Crippen molar-refractivity contribution in [2.75, 3.05) is 5.32 Å². The van der Waals surface area contributed by atoms with Crippen LogP contribution in [0, 0.1) is 6.92 Å². The van der Waals surface area contributed by atoms with Crippen LogP contribution in [-0.2, 0) is 0 Å². The first-order chi connectivity index (χ1) is 14.8. The molecular weight excluding hydrogens is 382 g/mol. The van der Waals surface area contributed by atoms with Gasteiger partial charge < -0.3 is 10.4 Å². The van der Waals surface area contributed by atoms with Gasteiger partial charge in [0, 0.05) is 22.5 Å². The van der Waals surface area contributed by atoms with Crippen molar-refractivity contribution < 1.29 is 9.90 Å². The van der Waals surface area contributed by atoms with Crippen molar-refractivity contribution in [3.05, 3.63) is 65.2 Å². The van der Waals surface area contributed by atoms with Gasteiger partial charge in [-0.05, 0) is 82.3 Å². The third kappa shape index (κ3) is 2.76. The summed E-state index contributed by atoms with van der Waals surface area (Å²) < 4.78 is 0. The van der Waals surface area contributed by atoms with Gasteiger partial charge in [0.05, 0.1) is 5.56 Å². The van der Waals surface area contributed by atoms with Gasteiger partial charge in [0.1, 0.15) is 0 Å². The number of carbonyl (C=O) groups is 1. The predicted octanol–water partition coefficient (Wildman–Crippen LogP) is 7.69. The highest BCUT2D eigenvalue weighted by Crippen LogP contribution is 2.45. The average molecular weight is 410 g/mol. The molecule has 5 rings (SSSR count). The molecule has 3 nitrogen and oxygen atoms in total. The fraction of sp³-hybridized carbons (Fsp3) is 0.250. The Hall–Kier alpha value is -3.33. The molecule has 0 bridgehead atoms. The molecule has 5 aromatic carbocycles. The van der Waals surface area contributed by atoms with Crippen LogP contribution in [0.2, 0.25) is 0 Å². The molecular formula is C28H27NO2. The Kier molecular flexibility index (Phi) is 4.33. The number of hydrogen-bond acceptors (Lipinski definition) is 2. The van der Waals surface area contributed by atoms with Crippen LogP contribution in [-0.4, -0.2) is 17.1 Å². The van der Waals surface area contributed by atoms with Crippen LogP contribution < -0.4 is 5.32 Å². The van der Waals surface area contributed by atoms with E-state index < -0.39 is 5.97 Å². The van der Waals surface area contributed by atoms with Crippen LogP contribution in [0.25, 0.3) is 43.1 Å². The lowest BCUT2D eigenvalue weighted by atomic mass is 9.83. The fourth-order valence-corrected chi connectivity index (χ4v) is 5.18. The van der Waals surface area contributed by atoms with Crippen LogP contribution >= 0.6 is 0 Å². The maximum atomic E-state index is 12.1. The first-order valence-corrected chi connectivity index (χ1v) is 11.0. The monoisotopic (exact) mass is 409 g/mol. The van der Waals surface area contributed by atoms with Crippen molar-refractivity contribution in [2.24, 2.45) is 0 Å². The number of fused-ring (bicyclic) bond motifs is 2. The molecule has 5 aromatic rings. The second kappa shape index (κ2) is 6.84. The Morgan fingerprint density at radius 2 is 1.29 bits per heavy atom. The minimum atomic E-state index is -0.873. The number of aryl methyl sites for hydroxylation is 1. The molecule has 0 radical (unpaired) electrons. The zero-order valence-corrected chi connectivity index (χ0v) is 18.6. The average Bonchev–Trinajstić information content (AvgIpc) is 2.72. The highest BCUT2D eigenvalue weighted by molar-refractivity contribution is 6.35. The third-order valence-corrected chi connectivity index (χ3v) is 6.44. The van der Waals surface area contributed by atoms with E-state index in [-0.39, 0.29) is 5.92 Å². The molecule has 31 heavy (non-hydrogen) atoms. The number of anilines is 1. The zero-order chi connectivity index (χ0) is 22.0. The van der Waals surface area contributed by atoms with E-state index in [0.29, 0.717) is 11.6 Å². The summed E-state index contributed by atoms with van der Waals surface area (Å²) in [6, 6.07) is 17.1. The van der Waals surface area contributed by atoms with Gasteiger partial charge in [-0.2, -0.15) is 0 Å². The minimum Gasteiger partial charge on any atom is -0.478 e. The summed E-state index contributed by atoms with van der Waals surface area (Å²) >= 11 is 0. The molecule has 0 unspecified atom stereocenters. The van der Waals surface area contributed by atoms with Gasteiger partial charge in [0.15, 0.2) is 0 Å². The normalized spacial score (nSPS) is 12.2. The summed E-state index contributed by atoms with van der Waals surface area (Å²) in [6.45, 7) is 10.7. The van der Waals surface area contributed by atoms with E-state index in [1.807, 2.05) is 6.07 Å². The lowest BCUT2D eigenvalue weighted by molar-refractivity contribution is 0.0699. The van der Waals surface area contributed by atoms with Gasteiger partial charge in [-0.15, -0.1) is 0 Å². The van der Waals surface area contributed by atoms with E-state index in [1.54, 1.807) is 6.07 Å². The molecule has 0 atom stereocenters. The molecule has 0 aromatic heterocycles. The van der Waals surface area contributed by atoms with Crippen molar-refractivity contribution in [1.29, 1.82) is 0 Å². The molecule has 0 aliphatic rings. The summed E-state index contributed by atoms with van der Waals surface area (Å²) in [6.07, 6.45) is 0. The van der Waals surface area contributed by atoms with E-state index in [1.165, 1.54) is 27.1 Å². The first kappa shape index (κ1) is 19.6. The zero-order valence-electron chi connectivity index (χ0n) is 18.6. The smallest absolute Gasteiger partial charge is 0.336 e. The number of carboxylic acids is 1. The van der Waals surface area contributed by atoms with Gasteiger partial charge in [-0.25, -0.2) is 4.79 Å². The maximum Gasteiger partial charge on any atom is 0.336 e. The predicted molar refractivity (Wildman–Crippen MR) is 132 cm³/mol. The molecule has 0 heterocycles. The number of benzene rings is 5. The van der Waals surface area contributed by atoms with E-state index in [4.69, 9.17) is 0 Å². The lowest BCUT2D eigenvalue weighted by Gasteiger charge is -2.22. The Labute approximate surface area is 182 Å². The standard InChI is InChI=1S/C28H27NO2/c1-14(2)17-8-9-19-18-7-6-16(5)24-23(29-15(3)4)13-12-21(26(18)24)20-10-11-22(28(30)31)25(17)27(19)20/h6-15,29H,1-5H3,(H,30,31). The van der Waals surface area contributed by atoms with Crippen molar-refractivity contribution in [2.45, 2.75) is 46.6 Å². The second-order valence-corrected chi connectivity index (χ2v) is 9.21. The Morgan fingerprint density at radius 1 is 0.742 bits per heavy atom. The topological polar surface area (TPSA) is 49.3 Å². The van der Waals surface area contributed by atoms with Crippen molar-refractivity contribution in [3.63, 3.8) is 0 Å². The Morgan fingerprint density at radius 3 is 1.87 bits per heavy atom. The second-order valence-electron chi connectivity index (χ2n) is 9.21. The van der Waals surface area contributed by atoms with Gasteiger partial charge in [-0.3, -0.25) is 0 Å². The van der Waals surface area contributed by atoms with E-state index in [9.17, 15) is 9.90 Å². The highest BCUT2D eigenvalue weighted by Gasteiger charge is 2.21. The molecule has 0 aliphatic carbocycles. The molecule has 0 spiro atoms. The summed E-state index contributed by atoms with van der Waals surface area (Å²) in [5.41, 5.74) is 3.86. The maximum absolute atomic E-state index is 12.1. The molecule has 2 N–H and O–H groups in total. The fourth-order valence-electron chi connectivity index (χ4n) is 5.18. The van der Waals surface area contributed by atoms with Crippen LogP contribution in [0.4, 0.5) is 5.69 Å². The van der Waals surface area contributed by atoms with Gasteiger partial charge >= 0.3 is 5.97 Å². The van der Waals surface area contributed by atoms with Crippen molar-refractivity contribution >= 4 is 54.7 Å². The van der Waals surface area contributed by atoms with E-state index >= 15 is 0 Å². The van der Waals surface area contributed by atoms with Crippen LogP contribution in [0.15, 0.2) is 48.5 Å². The van der Waals surface area contributed by atoms with Crippen LogP contribution in [0.1, 0.15) is 55.1 Å². The molecule has 0 amide bonds. The molecule has 0 saturated heterocycles. The van der Waals surface area contributed by atoms with Gasteiger partial charge in [0.2, 0.25) is 0 Å². The summed E-state index contributed by atoms with van der Waals surface area (Å²) in [7, 11) is 0. The number of aromatic carboxylic acids is 1. The third-order valence-electron chi connectivity index (χ3n) is 6.44. The van der Waals surface area contributed by atoms with Crippen LogP contribution in [0.3, 0.4) is 0 Å². The van der Waals surface area contributed by atoms with E-state index in [0.717, 1.165) is 32.8 Å². The molecule has 156 valence electrons.